The van der Waals surface area contributed by atoms with Crippen LogP contribution in [-0.4, -0.2) is 47.4 Å². The van der Waals surface area contributed by atoms with Gasteiger partial charge in [-0.25, -0.2) is 0 Å². The van der Waals surface area contributed by atoms with Crippen molar-refractivity contribution < 1.29 is 19.5 Å². The number of carbonyl (C=O) groups excluding carboxylic acids is 2. The summed E-state index contributed by atoms with van der Waals surface area (Å²) in [6.07, 6.45) is 8.11. The van der Waals surface area contributed by atoms with Gasteiger partial charge in [0.25, 0.3) is 0 Å². The van der Waals surface area contributed by atoms with Gasteiger partial charge in [0.15, 0.2) is 0 Å². The van der Waals surface area contributed by atoms with Crippen molar-refractivity contribution in [2.45, 2.75) is 44.9 Å². The van der Waals surface area contributed by atoms with Gasteiger partial charge in [0.05, 0.1) is 6.42 Å². The number of rotatable bonds is 10. The second-order valence-electron chi connectivity index (χ2n) is 5.19. The molecule has 21 heavy (non-hydrogen) atoms. The minimum absolute atomic E-state index is 0.136. The third-order valence-electron chi connectivity index (χ3n) is 3.39. The standard InChI is InChI=1S/C15H24N2O4/c18-13(7-5-9-15(20)21)16-10-3-1-2-4-11-17-12-6-8-14(17)19/h5,7H,1-4,6,8-12H2,(H,16,18)(H,20,21)/b7-5-. The van der Waals surface area contributed by atoms with E-state index in [1.165, 1.54) is 12.2 Å². The van der Waals surface area contributed by atoms with Crippen molar-refractivity contribution in [2.24, 2.45) is 0 Å². The summed E-state index contributed by atoms with van der Waals surface area (Å²) in [7, 11) is 0. The highest BCUT2D eigenvalue weighted by Gasteiger charge is 2.18. The molecule has 0 aliphatic carbocycles. The van der Waals surface area contributed by atoms with Crippen LogP contribution in [0.5, 0.6) is 0 Å². The predicted octanol–water partition coefficient (Wildman–Crippen LogP) is 1.32. The van der Waals surface area contributed by atoms with E-state index in [1.54, 1.807) is 0 Å². The monoisotopic (exact) mass is 296 g/mol. The maximum absolute atomic E-state index is 11.4. The Labute approximate surface area is 125 Å². The van der Waals surface area contributed by atoms with Gasteiger partial charge in [-0.1, -0.05) is 18.9 Å². The molecule has 0 unspecified atom stereocenters. The quantitative estimate of drug-likeness (QED) is 0.470. The average molecular weight is 296 g/mol. The first kappa shape index (κ1) is 17.2. The van der Waals surface area contributed by atoms with Gasteiger partial charge in [0.2, 0.25) is 11.8 Å². The van der Waals surface area contributed by atoms with E-state index in [1.807, 2.05) is 4.90 Å². The number of likely N-dealkylation sites (tertiary alicyclic amines) is 1. The zero-order chi connectivity index (χ0) is 15.5. The maximum Gasteiger partial charge on any atom is 0.307 e. The topological polar surface area (TPSA) is 86.7 Å². The molecule has 0 aromatic carbocycles. The minimum atomic E-state index is -0.949. The van der Waals surface area contributed by atoms with Crippen LogP contribution in [0.15, 0.2) is 12.2 Å². The Morgan fingerprint density at radius 3 is 2.67 bits per heavy atom. The molecule has 6 nitrogen and oxygen atoms in total. The number of carboxylic acid groups (broad SMARTS) is 1. The highest BCUT2D eigenvalue weighted by Crippen LogP contribution is 2.11. The van der Waals surface area contributed by atoms with Crippen molar-refractivity contribution in [3.63, 3.8) is 0 Å². The van der Waals surface area contributed by atoms with E-state index in [-0.39, 0.29) is 18.2 Å². The van der Waals surface area contributed by atoms with Crippen LogP contribution in [0.4, 0.5) is 0 Å². The summed E-state index contributed by atoms with van der Waals surface area (Å²) in [5, 5.41) is 11.1. The number of aliphatic carboxylic acids is 1. The molecule has 1 saturated heterocycles. The van der Waals surface area contributed by atoms with Crippen molar-refractivity contribution >= 4 is 17.8 Å². The maximum atomic E-state index is 11.4. The van der Waals surface area contributed by atoms with Gasteiger partial charge in [-0.2, -0.15) is 0 Å². The molecule has 0 radical (unpaired) electrons. The summed E-state index contributed by atoms with van der Waals surface area (Å²) >= 11 is 0. The zero-order valence-electron chi connectivity index (χ0n) is 12.3. The van der Waals surface area contributed by atoms with Gasteiger partial charge in [0, 0.05) is 26.1 Å². The lowest BCUT2D eigenvalue weighted by atomic mass is 10.2. The molecule has 2 N–H and O–H groups in total. The van der Waals surface area contributed by atoms with Crippen LogP contribution in [-0.2, 0) is 14.4 Å². The lowest BCUT2D eigenvalue weighted by Crippen LogP contribution is -2.25. The van der Waals surface area contributed by atoms with E-state index in [2.05, 4.69) is 5.32 Å². The number of nitrogens with one attached hydrogen (secondary N) is 1. The van der Waals surface area contributed by atoms with Crippen LogP contribution >= 0.6 is 0 Å². The smallest absolute Gasteiger partial charge is 0.307 e. The number of carboxylic acids is 1. The highest BCUT2D eigenvalue weighted by molar-refractivity contribution is 5.88. The zero-order valence-corrected chi connectivity index (χ0v) is 12.3. The second kappa shape index (κ2) is 9.96. The lowest BCUT2D eigenvalue weighted by molar-refractivity contribution is -0.136. The molecule has 1 aliphatic heterocycles. The Hall–Kier alpha value is -1.85. The van der Waals surface area contributed by atoms with Crippen molar-refractivity contribution in [1.82, 2.24) is 10.2 Å². The number of hydrogen-bond donors (Lipinski definition) is 2. The number of unbranched alkanes of at least 4 members (excludes halogenated alkanes) is 3. The lowest BCUT2D eigenvalue weighted by Gasteiger charge is -2.14. The first-order valence-electron chi connectivity index (χ1n) is 7.53. The SMILES string of the molecule is O=C(O)C/C=C\C(=O)NCCCCCCN1CCCC1=O. The van der Waals surface area contributed by atoms with Crippen molar-refractivity contribution in [2.75, 3.05) is 19.6 Å². The molecule has 1 rings (SSSR count). The summed E-state index contributed by atoms with van der Waals surface area (Å²) in [6.45, 7) is 2.35. The number of amides is 2. The summed E-state index contributed by atoms with van der Waals surface area (Å²) in [5.41, 5.74) is 0. The minimum Gasteiger partial charge on any atom is -0.481 e. The molecule has 0 aromatic rings. The molecule has 1 aliphatic rings. The van der Waals surface area contributed by atoms with Crippen LogP contribution in [0.3, 0.4) is 0 Å². The molecule has 1 heterocycles. The molecule has 0 bridgehead atoms. The first-order valence-corrected chi connectivity index (χ1v) is 7.53. The van der Waals surface area contributed by atoms with Gasteiger partial charge in [-0.15, -0.1) is 0 Å². The van der Waals surface area contributed by atoms with Gasteiger partial charge in [0.1, 0.15) is 0 Å². The van der Waals surface area contributed by atoms with Crippen LogP contribution in [0.2, 0.25) is 0 Å². The van der Waals surface area contributed by atoms with Gasteiger partial charge in [-0.3, -0.25) is 14.4 Å². The van der Waals surface area contributed by atoms with E-state index >= 15 is 0 Å². The van der Waals surface area contributed by atoms with Gasteiger partial charge in [-0.05, 0) is 25.3 Å². The molecule has 0 aromatic heterocycles. The molecule has 0 saturated carbocycles. The molecular formula is C15H24N2O4. The number of carbonyl (C=O) groups is 3. The van der Waals surface area contributed by atoms with Gasteiger partial charge < -0.3 is 15.3 Å². The third-order valence-corrected chi connectivity index (χ3v) is 3.39. The van der Waals surface area contributed by atoms with Crippen LogP contribution in [0, 0.1) is 0 Å². The fourth-order valence-corrected chi connectivity index (χ4v) is 2.26. The van der Waals surface area contributed by atoms with Gasteiger partial charge >= 0.3 is 5.97 Å². The Bertz CT molecular complexity index is 393. The molecule has 2 amide bonds. The molecule has 1 fully saturated rings. The van der Waals surface area contributed by atoms with Crippen molar-refractivity contribution in [1.29, 1.82) is 0 Å². The van der Waals surface area contributed by atoms with Crippen LogP contribution in [0.25, 0.3) is 0 Å². The normalized spacial score (nSPS) is 14.9. The Balaban J connectivity index is 1.92. The molecule has 0 atom stereocenters. The van der Waals surface area contributed by atoms with E-state index < -0.39 is 5.97 Å². The molecule has 6 heteroatoms. The van der Waals surface area contributed by atoms with E-state index in [0.717, 1.165) is 45.2 Å². The summed E-state index contributed by atoms with van der Waals surface area (Å²) in [6, 6.07) is 0. The van der Waals surface area contributed by atoms with E-state index in [0.29, 0.717) is 13.0 Å². The Morgan fingerprint density at radius 2 is 2.00 bits per heavy atom. The number of hydrogen-bond acceptors (Lipinski definition) is 3. The average Bonchev–Trinajstić information content (AvgIpc) is 2.83. The van der Waals surface area contributed by atoms with E-state index in [4.69, 9.17) is 5.11 Å². The molecular weight excluding hydrogens is 272 g/mol. The molecule has 0 spiro atoms. The van der Waals surface area contributed by atoms with Crippen LogP contribution in [0.1, 0.15) is 44.9 Å². The Kier molecular flexibility index (Phi) is 8.16. The Morgan fingerprint density at radius 1 is 1.24 bits per heavy atom. The fraction of sp³-hybridized carbons (Fsp3) is 0.667. The van der Waals surface area contributed by atoms with E-state index in [9.17, 15) is 14.4 Å². The van der Waals surface area contributed by atoms with Crippen LogP contribution < -0.4 is 5.32 Å². The highest BCUT2D eigenvalue weighted by atomic mass is 16.4. The van der Waals surface area contributed by atoms with Crippen molar-refractivity contribution in [3.8, 4) is 0 Å². The van der Waals surface area contributed by atoms with Crippen molar-refractivity contribution in [3.05, 3.63) is 12.2 Å². The second-order valence-corrected chi connectivity index (χ2v) is 5.19. The largest absolute Gasteiger partial charge is 0.481 e. The summed E-state index contributed by atoms with van der Waals surface area (Å²) < 4.78 is 0. The third kappa shape index (κ3) is 8.12. The molecule has 118 valence electrons. The first-order chi connectivity index (χ1) is 10.1. The summed E-state index contributed by atoms with van der Waals surface area (Å²) in [4.78, 5) is 34.8. The fourth-order valence-electron chi connectivity index (χ4n) is 2.26. The summed E-state index contributed by atoms with van der Waals surface area (Å²) in [5.74, 6) is -0.926. The number of nitrogens with zero attached hydrogens (tertiary/aromatic N) is 1. The predicted molar refractivity (Wildman–Crippen MR) is 78.7 cm³/mol.